The molecule has 1 aromatic carbocycles. The second kappa shape index (κ2) is 5.87. The van der Waals surface area contributed by atoms with Gasteiger partial charge in [-0.15, -0.1) is 0 Å². The summed E-state index contributed by atoms with van der Waals surface area (Å²) in [6, 6.07) is 5.48. The predicted octanol–water partition coefficient (Wildman–Crippen LogP) is 2.09. The first-order chi connectivity index (χ1) is 8.76. The lowest BCUT2D eigenvalue weighted by Crippen LogP contribution is -2.39. The van der Waals surface area contributed by atoms with Crippen molar-refractivity contribution in [1.82, 2.24) is 0 Å². The van der Waals surface area contributed by atoms with Crippen LogP contribution in [-0.4, -0.2) is 24.2 Å². The zero-order valence-electron chi connectivity index (χ0n) is 10.7. The number of aliphatic hydroxyl groups excluding tert-OH is 1. The van der Waals surface area contributed by atoms with Gasteiger partial charge in [0.25, 0.3) is 5.91 Å². The molecule has 1 N–H and O–H groups in total. The molecule has 0 saturated heterocycles. The molecule has 0 radical (unpaired) electrons. The third-order valence-corrected chi connectivity index (χ3v) is 3.14. The van der Waals surface area contributed by atoms with Crippen molar-refractivity contribution < 1.29 is 14.6 Å². The molecule has 1 aliphatic rings. The topological polar surface area (TPSA) is 49.8 Å². The third kappa shape index (κ3) is 2.64. The van der Waals surface area contributed by atoms with Gasteiger partial charge in [-0.2, -0.15) is 0 Å². The highest BCUT2D eigenvalue weighted by atomic mass is 16.5. The minimum Gasteiger partial charge on any atom is -0.482 e. The largest absolute Gasteiger partial charge is 0.482 e. The lowest BCUT2D eigenvalue weighted by atomic mass is 10.1. The van der Waals surface area contributed by atoms with Gasteiger partial charge in [-0.25, -0.2) is 0 Å². The number of carbonyl (C=O) groups is 1. The number of amides is 1. The van der Waals surface area contributed by atoms with E-state index in [-0.39, 0.29) is 19.1 Å². The van der Waals surface area contributed by atoms with E-state index in [0.717, 1.165) is 37.1 Å². The van der Waals surface area contributed by atoms with Crippen LogP contribution in [0.4, 0.5) is 5.69 Å². The Bertz CT molecular complexity index is 431. The van der Waals surface area contributed by atoms with Crippen molar-refractivity contribution in [1.29, 1.82) is 0 Å². The summed E-state index contributed by atoms with van der Waals surface area (Å²) < 4.78 is 5.41. The first-order valence-corrected chi connectivity index (χ1v) is 6.43. The van der Waals surface area contributed by atoms with Gasteiger partial charge >= 0.3 is 0 Å². The Labute approximate surface area is 107 Å². The lowest BCUT2D eigenvalue weighted by molar-refractivity contribution is -0.121. The average molecular weight is 249 g/mol. The molecule has 0 fully saturated rings. The van der Waals surface area contributed by atoms with Crippen LogP contribution >= 0.6 is 0 Å². The van der Waals surface area contributed by atoms with Crippen LogP contribution in [-0.2, 0) is 11.4 Å². The zero-order chi connectivity index (χ0) is 13.0. The monoisotopic (exact) mass is 249 g/mol. The summed E-state index contributed by atoms with van der Waals surface area (Å²) in [4.78, 5) is 13.6. The molecule has 0 atom stereocenters. The summed E-state index contributed by atoms with van der Waals surface area (Å²) in [5.74, 6) is 0.702. The Balaban J connectivity index is 2.18. The van der Waals surface area contributed by atoms with Crippen molar-refractivity contribution in [2.45, 2.75) is 32.8 Å². The molecule has 0 unspecified atom stereocenters. The van der Waals surface area contributed by atoms with Gasteiger partial charge in [0.05, 0.1) is 12.3 Å². The van der Waals surface area contributed by atoms with E-state index in [1.807, 2.05) is 12.1 Å². The highest BCUT2D eigenvalue weighted by Gasteiger charge is 2.24. The summed E-state index contributed by atoms with van der Waals surface area (Å²) in [6.45, 7) is 2.96. The predicted molar refractivity (Wildman–Crippen MR) is 69.7 cm³/mol. The van der Waals surface area contributed by atoms with Gasteiger partial charge in [0.2, 0.25) is 0 Å². The Morgan fingerprint density at radius 2 is 2.22 bits per heavy atom. The summed E-state index contributed by atoms with van der Waals surface area (Å²) in [7, 11) is 0. The van der Waals surface area contributed by atoms with Gasteiger partial charge < -0.3 is 14.7 Å². The number of carbonyl (C=O) groups excluding carboxylic acids is 1. The van der Waals surface area contributed by atoms with Crippen LogP contribution in [0, 0.1) is 0 Å². The smallest absolute Gasteiger partial charge is 0.265 e. The minimum absolute atomic E-state index is 0.00958. The fourth-order valence-electron chi connectivity index (χ4n) is 2.11. The van der Waals surface area contributed by atoms with Crippen molar-refractivity contribution in [2.75, 3.05) is 18.1 Å². The van der Waals surface area contributed by atoms with Crippen molar-refractivity contribution in [2.24, 2.45) is 0 Å². The molecule has 0 aromatic heterocycles. The molecule has 0 saturated carbocycles. The number of nitrogens with zero attached hydrogens (tertiary/aromatic N) is 1. The summed E-state index contributed by atoms with van der Waals surface area (Å²) in [6.07, 6.45) is 3.26. The van der Waals surface area contributed by atoms with Crippen LogP contribution in [0.5, 0.6) is 5.75 Å². The number of hydrogen-bond acceptors (Lipinski definition) is 3. The van der Waals surface area contributed by atoms with Crippen LogP contribution < -0.4 is 9.64 Å². The van der Waals surface area contributed by atoms with E-state index < -0.39 is 0 Å². The second-order valence-electron chi connectivity index (χ2n) is 4.50. The molecule has 4 nitrogen and oxygen atoms in total. The molecule has 4 heteroatoms. The fraction of sp³-hybridized carbons (Fsp3) is 0.500. The molecule has 0 bridgehead atoms. The van der Waals surface area contributed by atoms with Crippen molar-refractivity contribution in [3.8, 4) is 5.75 Å². The van der Waals surface area contributed by atoms with Gasteiger partial charge in [0, 0.05) is 6.54 Å². The van der Waals surface area contributed by atoms with E-state index in [4.69, 9.17) is 9.84 Å². The number of hydrogen-bond donors (Lipinski definition) is 1. The molecule has 18 heavy (non-hydrogen) atoms. The van der Waals surface area contributed by atoms with Crippen LogP contribution in [0.1, 0.15) is 31.7 Å². The molecule has 0 spiro atoms. The first-order valence-electron chi connectivity index (χ1n) is 6.43. The normalized spacial score (nSPS) is 14.3. The Hall–Kier alpha value is -1.55. The minimum atomic E-state index is -0.0135. The van der Waals surface area contributed by atoms with Gasteiger partial charge in [-0.1, -0.05) is 25.8 Å². The Kier molecular flexibility index (Phi) is 4.20. The molecule has 1 amide bonds. The number of unbranched alkanes of at least 4 members (excludes halogenated alkanes) is 2. The van der Waals surface area contributed by atoms with E-state index in [1.165, 1.54) is 0 Å². The average Bonchev–Trinajstić information content (AvgIpc) is 2.41. The first kappa shape index (κ1) is 12.9. The van der Waals surface area contributed by atoms with E-state index in [1.54, 1.807) is 11.0 Å². The summed E-state index contributed by atoms with van der Waals surface area (Å²) in [5, 5.41) is 9.09. The van der Waals surface area contributed by atoms with Crippen molar-refractivity contribution in [3.05, 3.63) is 23.8 Å². The maximum atomic E-state index is 11.9. The molecule has 1 aliphatic heterocycles. The number of rotatable bonds is 5. The molecular weight excluding hydrogens is 230 g/mol. The molecule has 2 rings (SSSR count). The number of aliphatic hydroxyl groups is 1. The van der Waals surface area contributed by atoms with E-state index in [2.05, 4.69) is 6.92 Å². The van der Waals surface area contributed by atoms with Crippen LogP contribution in [0.3, 0.4) is 0 Å². The second-order valence-corrected chi connectivity index (χ2v) is 4.50. The fourth-order valence-corrected chi connectivity index (χ4v) is 2.11. The zero-order valence-corrected chi connectivity index (χ0v) is 10.7. The van der Waals surface area contributed by atoms with E-state index >= 15 is 0 Å². The number of fused-ring (bicyclic) bond motifs is 1. The van der Waals surface area contributed by atoms with Crippen LogP contribution in [0.2, 0.25) is 0 Å². The molecule has 1 heterocycles. The molecule has 98 valence electrons. The molecular formula is C14H19NO3. The number of benzene rings is 1. The highest BCUT2D eigenvalue weighted by Crippen LogP contribution is 2.33. The van der Waals surface area contributed by atoms with E-state index in [9.17, 15) is 4.79 Å². The number of anilines is 1. The van der Waals surface area contributed by atoms with E-state index in [0.29, 0.717) is 5.75 Å². The summed E-state index contributed by atoms with van der Waals surface area (Å²) >= 11 is 0. The van der Waals surface area contributed by atoms with Gasteiger partial charge in [0.1, 0.15) is 5.75 Å². The van der Waals surface area contributed by atoms with Gasteiger partial charge in [-0.3, -0.25) is 4.79 Å². The molecule has 1 aromatic rings. The van der Waals surface area contributed by atoms with Gasteiger partial charge in [0.15, 0.2) is 6.61 Å². The van der Waals surface area contributed by atoms with Crippen molar-refractivity contribution in [3.63, 3.8) is 0 Å². The SMILES string of the molecule is CCCCCN1C(=O)COc2cc(CO)ccc21. The highest BCUT2D eigenvalue weighted by molar-refractivity contribution is 5.97. The third-order valence-electron chi connectivity index (χ3n) is 3.14. The Morgan fingerprint density at radius 1 is 1.39 bits per heavy atom. The van der Waals surface area contributed by atoms with Gasteiger partial charge in [-0.05, 0) is 24.1 Å². The molecule has 0 aliphatic carbocycles. The summed E-state index contributed by atoms with van der Waals surface area (Å²) in [5.41, 5.74) is 1.62. The maximum absolute atomic E-state index is 11.9. The quantitative estimate of drug-likeness (QED) is 0.813. The lowest BCUT2D eigenvalue weighted by Gasteiger charge is -2.29. The van der Waals surface area contributed by atoms with Crippen LogP contribution in [0.15, 0.2) is 18.2 Å². The number of ether oxygens (including phenoxy) is 1. The standard InChI is InChI=1S/C14H19NO3/c1-2-3-4-7-15-12-6-5-11(9-16)8-13(12)18-10-14(15)17/h5-6,8,16H,2-4,7,9-10H2,1H3. The Morgan fingerprint density at radius 3 is 2.94 bits per heavy atom. The van der Waals surface area contributed by atoms with Crippen LogP contribution in [0.25, 0.3) is 0 Å². The van der Waals surface area contributed by atoms with Crippen molar-refractivity contribution >= 4 is 11.6 Å². The maximum Gasteiger partial charge on any atom is 0.265 e.